The van der Waals surface area contributed by atoms with Crippen LogP contribution >= 0.6 is 0 Å². The molecule has 2 nitrogen and oxygen atoms in total. The van der Waals surface area contributed by atoms with Gasteiger partial charge in [0.2, 0.25) is 0 Å². The van der Waals surface area contributed by atoms with Crippen LogP contribution in [-0.2, 0) is 0 Å². The Bertz CT molecular complexity index is 409. The number of nitrogens with zero attached hydrogens (tertiary/aromatic N) is 1. The summed E-state index contributed by atoms with van der Waals surface area (Å²) < 4.78 is 24.4. The van der Waals surface area contributed by atoms with E-state index in [1.807, 2.05) is 30.3 Å². The summed E-state index contributed by atoms with van der Waals surface area (Å²) in [5, 5.41) is 6.11. The third kappa shape index (κ3) is 1.64. The molecule has 1 N–H and O–H groups in total. The highest BCUT2D eigenvalue weighted by Gasteiger charge is 2.11. The number of hydrogen-bond acceptors (Lipinski definition) is 1. The summed E-state index contributed by atoms with van der Waals surface area (Å²) in [4.78, 5) is 0. The van der Waals surface area contributed by atoms with Gasteiger partial charge in [-0.2, -0.15) is 5.10 Å². The second-order valence-corrected chi connectivity index (χ2v) is 2.88. The summed E-state index contributed by atoms with van der Waals surface area (Å²) in [6.45, 7) is 0. The number of nitrogens with one attached hydrogen (secondary N) is 1. The van der Waals surface area contributed by atoms with Crippen molar-refractivity contribution < 1.29 is 8.78 Å². The molecule has 0 saturated carbocycles. The second kappa shape index (κ2) is 3.57. The van der Waals surface area contributed by atoms with Gasteiger partial charge in [-0.1, -0.05) is 30.3 Å². The fourth-order valence-corrected chi connectivity index (χ4v) is 1.21. The van der Waals surface area contributed by atoms with E-state index in [2.05, 4.69) is 10.2 Å². The number of alkyl halides is 2. The van der Waals surface area contributed by atoms with E-state index in [9.17, 15) is 8.78 Å². The van der Waals surface area contributed by atoms with Gasteiger partial charge < -0.3 is 0 Å². The second-order valence-electron chi connectivity index (χ2n) is 2.88. The molecular weight excluding hydrogens is 186 g/mol. The molecule has 4 heteroatoms. The van der Waals surface area contributed by atoms with E-state index in [1.165, 1.54) is 6.07 Å². The van der Waals surface area contributed by atoms with Crippen molar-refractivity contribution in [2.24, 2.45) is 0 Å². The Morgan fingerprint density at radius 2 is 1.86 bits per heavy atom. The van der Waals surface area contributed by atoms with Gasteiger partial charge in [0.15, 0.2) is 0 Å². The molecule has 0 amide bonds. The van der Waals surface area contributed by atoms with Gasteiger partial charge in [0, 0.05) is 5.56 Å². The Kier molecular flexibility index (Phi) is 2.26. The predicted molar refractivity (Wildman–Crippen MR) is 49.0 cm³/mol. The van der Waals surface area contributed by atoms with Crippen LogP contribution in [0.4, 0.5) is 8.78 Å². The number of halogens is 2. The van der Waals surface area contributed by atoms with Crippen molar-refractivity contribution in [1.29, 1.82) is 0 Å². The highest BCUT2D eigenvalue weighted by Crippen LogP contribution is 2.22. The molecule has 0 aliphatic rings. The van der Waals surface area contributed by atoms with Gasteiger partial charge >= 0.3 is 0 Å². The first-order valence-electron chi connectivity index (χ1n) is 4.16. The van der Waals surface area contributed by atoms with Crippen molar-refractivity contribution in [3.05, 3.63) is 42.1 Å². The zero-order valence-electron chi connectivity index (χ0n) is 7.24. The lowest BCUT2D eigenvalue weighted by molar-refractivity contribution is 0.146. The minimum atomic E-state index is -2.50. The van der Waals surface area contributed by atoms with E-state index in [0.29, 0.717) is 5.69 Å². The van der Waals surface area contributed by atoms with Gasteiger partial charge in [0.1, 0.15) is 5.69 Å². The Balaban J connectivity index is 2.34. The van der Waals surface area contributed by atoms with Crippen LogP contribution < -0.4 is 0 Å². The third-order valence-corrected chi connectivity index (χ3v) is 1.90. The van der Waals surface area contributed by atoms with E-state index < -0.39 is 6.43 Å². The SMILES string of the molecule is FC(F)c1cc(-c2ccccc2)n[nH]1. The average Bonchev–Trinajstić information content (AvgIpc) is 2.68. The number of rotatable bonds is 2. The minimum Gasteiger partial charge on any atom is -0.276 e. The Labute approximate surface area is 79.6 Å². The summed E-state index contributed by atoms with van der Waals surface area (Å²) in [5.41, 5.74) is 1.22. The van der Waals surface area contributed by atoms with Gasteiger partial charge in [0.05, 0.1) is 5.69 Å². The fraction of sp³-hybridized carbons (Fsp3) is 0.100. The molecule has 0 unspecified atom stereocenters. The lowest BCUT2D eigenvalue weighted by Gasteiger charge is -1.92. The molecule has 0 fully saturated rings. The molecule has 1 heterocycles. The summed E-state index contributed by atoms with van der Waals surface area (Å²) in [5.74, 6) is 0. The van der Waals surface area contributed by atoms with Gasteiger partial charge in [-0.3, -0.25) is 5.10 Å². The predicted octanol–water partition coefficient (Wildman–Crippen LogP) is 3.01. The molecule has 0 aliphatic heterocycles. The van der Waals surface area contributed by atoms with Crippen LogP contribution in [0.5, 0.6) is 0 Å². The minimum absolute atomic E-state index is 0.149. The zero-order valence-corrected chi connectivity index (χ0v) is 7.24. The summed E-state index contributed by atoms with van der Waals surface area (Å²) in [6, 6.07) is 10.6. The molecule has 1 aromatic carbocycles. The van der Waals surface area contributed by atoms with Gasteiger partial charge in [0.25, 0.3) is 6.43 Å². The van der Waals surface area contributed by atoms with E-state index in [0.717, 1.165) is 5.56 Å². The van der Waals surface area contributed by atoms with Crippen LogP contribution in [0.2, 0.25) is 0 Å². The monoisotopic (exact) mass is 194 g/mol. The lowest BCUT2D eigenvalue weighted by Crippen LogP contribution is -1.81. The molecular formula is C10H8F2N2. The van der Waals surface area contributed by atoms with Crippen molar-refractivity contribution >= 4 is 0 Å². The van der Waals surface area contributed by atoms with Crippen molar-refractivity contribution in [3.63, 3.8) is 0 Å². The Hall–Kier alpha value is -1.71. The van der Waals surface area contributed by atoms with Crippen LogP contribution in [0.3, 0.4) is 0 Å². The van der Waals surface area contributed by atoms with Gasteiger partial charge in [-0.05, 0) is 6.07 Å². The maximum atomic E-state index is 12.2. The number of aromatic amines is 1. The first-order chi connectivity index (χ1) is 6.77. The third-order valence-electron chi connectivity index (χ3n) is 1.90. The van der Waals surface area contributed by atoms with Crippen LogP contribution in [0.15, 0.2) is 36.4 Å². The van der Waals surface area contributed by atoms with Crippen molar-refractivity contribution in [2.75, 3.05) is 0 Å². The molecule has 0 radical (unpaired) electrons. The summed E-state index contributed by atoms with van der Waals surface area (Å²) >= 11 is 0. The summed E-state index contributed by atoms with van der Waals surface area (Å²) in [6.07, 6.45) is -2.50. The molecule has 14 heavy (non-hydrogen) atoms. The van der Waals surface area contributed by atoms with Gasteiger partial charge in [-0.15, -0.1) is 0 Å². The highest BCUT2D eigenvalue weighted by molar-refractivity contribution is 5.58. The quantitative estimate of drug-likeness (QED) is 0.782. The van der Waals surface area contributed by atoms with Crippen LogP contribution in [0.25, 0.3) is 11.3 Å². The maximum absolute atomic E-state index is 12.2. The fourth-order valence-electron chi connectivity index (χ4n) is 1.21. The standard InChI is InChI=1S/C10H8F2N2/c11-10(12)9-6-8(13-14-9)7-4-2-1-3-5-7/h1-6,10H,(H,13,14). The molecule has 0 aliphatic carbocycles. The number of hydrogen-bond donors (Lipinski definition) is 1. The van der Waals surface area contributed by atoms with E-state index in [-0.39, 0.29) is 5.69 Å². The summed E-state index contributed by atoms with van der Waals surface area (Å²) in [7, 11) is 0. The molecule has 2 rings (SSSR count). The first-order valence-corrected chi connectivity index (χ1v) is 4.16. The van der Waals surface area contributed by atoms with Crippen LogP contribution in [0, 0.1) is 0 Å². The van der Waals surface area contributed by atoms with Crippen LogP contribution in [0.1, 0.15) is 12.1 Å². The smallest absolute Gasteiger partial charge is 0.276 e. The lowest BCUT2D eigenvalue weighted by atomic mass is 10.1. The Morgan fingerprint density at radius 1 is 1.14 bits per heavy atom. The molecule has 72 valence electrons. The van der Waals surface area contributed by atoms with E-state index >= 15 is 0 Å². The molecule has 2 aromatic rings. The number of aromatic nitrogens is 2. The normalized spacial score (nSPS) is 10.8. The van der Waals surface area contributed by atoms with Crippen molar-refractivity contribution in [2.45, 2.75) is 6.43 Å². The maximum Gasteiger partial charge on any atom is 0.279 e. The molecule has 0 atom stereocenters. The average molecular weight is 194 g/mol. The molecule has 0 saturated heterocycles. The van der Waals surface area contributed by atoms with E-state index in [4.69, 9.17) is 0 Å². The van der Waals surface area contributed by atoms with Crippen molar-refractivity contribution in [3.8, 4) is 11.3 Å². The number of benzene rings is 1. The largest absolute Gasteiger partial charge is 0.279 e. The first kappa shape index (κ1) is 8.87. The van der Waals surface area contributed by atoms with Crippen molar-refractivity contribution in [1.82, 2.24) is 10.2 Å². The topological polar surface area (TPSA) is 28.7 Å². The van der Waals surface area contributed by atoms with E-state index in [1.54, 1.807) is 0 Å². The van der Waals surface area contributed by atoms with Crippen LogP contribution in [-0.4, -0.2) is 10.2 Å². The zero-order chi connectivity index (χ0) is 9.97. The Morgan fingerprint density at radius 3 is 2.43 bits per heavy atom. The number of H-pyrrole nitrogens is 1. The van der Waals surface area contributed by atoms with Gasteiger partial charge in [-0.25, -0.2) is 8.78 Å². The highest BCUT2D eigenvalue weighted by atomic mass is 19.3. The molecule has 1 aromatic heterocycles. The molecule has 0 bridgehead atoms. The molecule has 0 spiro atoms.